The minimum absolute atomic E-state index is 0.0340. The summed E-state index contributed by atoms with van der Waals surface area (Å²) in [7, 11) is 0. The smallest absolute Gasteiger partial charge is 0.318 e. The molecule has 0 bridgehead atoms. The molecular formula is C31H46O4. The Bertz CT molecular complexity index is 1050. The molecule has 194 valence electrons. The first-order chi connectivity index (χ1) is 15.4. The molecule has 0 aliphatic carbocycles. The van der Waals surface area contributed by atoms with E-state index in [1.807, 2.05) is 53.7 Å². The fraction of sp³-hybridized carbons (Fsp3) is 0.581. The van der Waals surface area contributed by atoms with Crippen LogP contribution in [0.15, 0.2) is 24.3 Å². The zero-order chi connectivity index (χ0) is 27.5. The van der Waals surface area contributed by atoms with E-state index < -0.39 is 22.2 Å². The largest absolute Gasteiger partial charge is 0.507 e. The van der Waals surface area contributed by atoms with Crippen LogP contribution >= 0.6 is 0 Å². The van der Waals surface area contributed by atoms with E-state index in [2.05, 4.69) is 41.5 Å². The fourth-order valence-electron chi connectivity index (χ4n) is 4.42. The van der Waals surface area contributed by atoms with E-state index in [0.717, 1.165) is 11.1 Å². The van der Waals surface area contributed by atoms with Gasteiger partial charge in [0, 0.05) is 11.1 Å². The highest BCUT2D eigenvalue weighted by Crippen LogP contribution is 2.49. The standard InChI is InChI=1S/C31H46O4/c1-27(2,3)18-14-20(29(7,8)9)24(32)22(16-18)31(13,26(34)35)23-17-19(28(4,5)6)15-21(25(23)33)30(10,11)12/h14-17,32-33H,1-13H3,(H,34,35). The van der Waals surface area contributed by atoms with Gasteiger partial charge in [0.2, 0.25) is 0 Å². The molecule has 0 atom stereocenters. The summed E-state index contributed by atoms with van der Waals surface area (Å²) in [6.45, 7) is 26.1. The lowest BCUT2D eigenvalue weighted by molar-refractivity contribution is -0.141. The van der Waals surface area contributed by atoms with Gasteiger partial charge in [0.1, 0.15) is 16.9 Å². The number of carboxylic acid groups (broad SMARTS) is 1. The maximum atomic E-state index is 13.1. The molecule has 0 saturated heterocycles. The molecule has 0 unspecified atom stereocenters. The summed E-state index contributed by atoms with van der Waals surface area (Å²) in [4.78, 5) is 13.1. The number of aromatic hydroxyl groups is 2. The minimum Gasteiger partial charge on any atom is -0.507 e. The third kappa shape index (κ3) is 5.37. The molecular weight excluding hydrogens is 436 g/mol. The Morgan fingerprint density at radius 3 is 0.971 bits per heavy atom. The number of hydrogen-bond acceptors (Lipinski definition) is 3. The van der Waals surface area contributed by atoms with Crippen molar-refractivity contribution in [1.82, 2.24) is 0 Å². The van der Waals surface area contributed by atoms with E-state index >= 15 is 0 Å². The van der Waals surface area contributed by atoms with Gasteiger partial charge in [0.25, 0.3) is 0 Å². The number of phenolic OH excluding ortho intramolecular Hbond substituents is 2. The van der Waals surface area contributed by atoms with Crippen LogP contribution in [0.4, 0.5) is 0 Å². The average molecular weight is 483 g/mol. The van der Waals surface area contributed by atoms with Crippen LogP contribution in [0.5, 0.6) is 11.5 Å². The van der Waals surface area contributed by atoms with Gasteiger partial charge in [-0.15, -0.1) is 0 Å². The van der Waals surface area contributed by atoms with Crippen LogP contribution in [0, 0.1) is 0 Å². The molecule has 2 rings (SSSR count). The molecule has 0 amide bonds. The molecule has 0 aromatic heterocycles. The third-order valence-corrected chi connectivity index (χ3v) is 7.07. The van der Waals surface area contributed by atoms with Crippen molar-refractivity contribution in [2.24, 2.45) is 0 Å². The molecule has 0 aliphatic heterocycles. The molecule has 0 aliphatic rings. The summed E-state index contributed by atoms with van der Waals surface area (Å²) in [5, 5.41) is 33.9. The van der Waals surface area contributed by atoms with E-state index in [4.69, 9.17) is 0 Å². The molecule has 2 aromatic rings. The zero-order valence-corrected chi connectivity index (χ0v) is 24.1. The summed E-state index contributed by atoms with van der Waals surface area (Å²) in [5.41, 5.74) is 0.793. The lowest BCUT2D eigenvalue weighted by Gasteiger charge is -2.35. The van der Waals surface area contributed by atoms with Crippen LogP contribution in [0.3, 0.4) is 0 Å². The van der Waals surface area contributed by atoms with Gasteiger partial charge in [-0.3, -0.25) is 4.79 Å². The van der Waals surface area contributed by atoms with Gasteiger partial charge in [-0.2, -0.15) is 0 Å². The highest BCUT2D eigenvalue weighted by Gasteiger charge is 2.45. The van der Waals surface area contributed by atoms with E-state index in [1.54, 1.807) is 19.1 Å². The SMILES string of the molecule is CC(C)(C)c1cc(C(C)(C)C)c(O)c(C(C)(C(=O)O)c2cc(C(C)(C)C)cc(C(C)(C)C)c2O)c1. The maximum Gasteiger partial charge on any atom is 0.318 e. The Labute approximate surface area is 212 Å². The summed E-state index contributed by atoms with van der Waals surface area (Å²) < 4.78 is 0. The first-order valence-electron chi connectivity index (χ1n) is 12.4. The summed E-state index contributed by atoms with van der Waals surface area (Å²) in [5.74, 6) is -1.19. The van der Waals surface area contributed by atoms with Gasteiger partial charge in [-0.1, -0.05) is 107 Å². The fourth-order valence-corrected chi connectivity index (χ4v) is 4.42. The second-order valence-electron chi connectivity index (χ2n) is 14.3. The van der Waals surface area contributed by atoms with Crippen LogP contribution in [0.1, 0.15) is 123 Å². The number of carbonyl (C=O) groups is 1. The minimum atomic E-state index is -1.68. The number of phenols is 2. The van der Waals surface area contributed by atoms with Gasteiger partial charge >= 0.3 is 5.97 Å². The Morgan fingerprint density at radius 2 is 0.771 bits per heavy atom. The van der Waals surface area contributed by atoms with E-state index in [9.17, 15) is 20.1 Å². The summed E-state index contributed by atoms with van der Waals surface area (Å²) in [6.07, 6.45) is 0. The predicted octanol–water partition coefficient (Wildman–Crippen LogP) is 7.68. The molecule has 35 heavy (non-hydrogen) atoms. The molecule has 0 fully saturated rings. The second-order valence-corrected chi connectivity index (χ2v) is 14.3. The molecule has 2 aromatic carbocycles. The third-order valence-electron chi connectivity index (χ3n) is 7.07. The average Bonchev–Trinajstić information content (AvgIpc) is 2.63. The highest BCUT2D eigenvalue weighted by atomic mass is 16.4. The first-order valence-corrected chi connectivity index (χ1v) is 12.4. The van der Waals surface area contributed by atoms with E-state index in [-0.39, 0.29) is 22.3 Å². The predicted molar refractivity (Wildman–Crippen MR) is 145 cm³/mol. The van der Waals surface area contributed by atoms with E-state index in [1.165, 1.54) is 0 Å². The van der Waals surface area contributed by atoms with Crippen LogP contribution < -0.4 is 0 Å². The topological polar surface area (TPSA) is 77.8 Å². The number of aliphatic carboxylic acids is 1. The maximum absolute atomic E-state index is 13.1. The Morgan fingerprint density at radius 1 is 0.514 bits per heavy atom. The Hall–Kier alpha value is -2.49. The monoisotopic (exact) mass is 482 g/mol. The van der Waals surface area contributed by atoms with Crippen molar-refractivity contribution in [3.8, 4) is 11.5 Å². The number of rotatable bonds is 3. The first kappa shape index (κ1) is 28.7. The molecule has 0 radical (unpaired) electrons. The number of carboxylic acids is 1. The lowest BCUT2D eigenvalue weighted by atomic mass is 9.68. The number of benzene rings is 2. The van der Waals surface area contributed by atoms with Gasteiger partial charge in [0.15, 0.2) is 0 Å². The second kappa shape index (κ2) is 8.57. The van der Waals surface area contributed by atoms with Crippen LogP contribution in [-0.4, -0.2) is 21.3 Å². The van der Waals surface area contributed by atoms with Crippen LogP contribution in [-0.2, 0) is 31.9 Å². The normalized spacial score (nSPS) is 13.7. The quantitative estimate of drug-likeness (QED) is 0.419. The van der Waals surface area contributed by atoms with Gasteiger partial charge in [-0.25, -0.2) is 0 Å². The molecule has 4 nitrogen and oxygen atoms in total. The Balaban J connectivity index is 3.16. The molecule has 0 saturated carbocycles. The summed E-state index contributed by atoms with van der Waals surface area (Å²) >= 11 is 0. The molecule has 3 N–H and O–H groups in total. The lowest BCUT2D eigenvalue weighted by Crippen LogP contribution is -2.36. The van der Waals surface area contributed by atoms with Crippen molar-refractivity contribution in [3.63, 3.8) is 0 Å². The zero-order valence-electron chi connectivity index (χ0n) is 24.1. The van der Waals surface area contributed by atoms with Gasteiger partial charge in [0.05, 0.1) is 0 Å². The van der Waals surface area contributed by atoms with Crippen molar-refractivity contribution >= 4 is 5.97 Å². The van der Waals surface area contributed by atoms with Crippen molar-refractivity contribution in [3.05, 3.63) is 57.6 Å². The van der Waals surface area contributed by atoms with Gasteiger partial charge < -0.3 is 15.3 Å². The van der Waals surface area contributed by atoms with Crippen molar-refractivity contribution in [1.29, 1.82) is 0 Å². The van der Waals surface area contributed by atoms with Crippen molar-refractivity contribution in [2.75, 3.05) is 0 Å². The number of hydrogen-bond donors (Lipinski definition) is 3. The van der Waals surface area contributed by atoms with Crippen LogP contribution in [0.2, 0.25) is 0 Å². The van der Waals surface area contributed by atoms with E-state index in [0.29, 0.717) is 22.3 Å². The molecule has 4 heteroatoms. The van der Waals surface area contributed by atoms with Crippen LogP contribution in [0.25, 0.3) is 0 Å². The van der Waals surface area contributed by atoms with Crippen molar-refractivity contribution < 1.29 is 20.1 Å². The highest BCUT2D eigenvalue weighted by molar-refractivity contribution is 5.88. The summed E-state index contributed by atoms with van der Waals surface area (Å²) in [6, 6.07) is 7.57. The Kier molecular flexibility index (Phi) is 7.04. The molecule has 0 spiro atoms. The van der Waals surface area contributed by atoms with Gasteiger partial charge in [-0.05, 0) is 50.8 Å². The van der Waals surface area contributed by atoms with Crippen molar-refractivity contribution in [2.45, 2.75) is 117 Å². The molecule has 0 heterocycles.